The second-order valence-electron chi connectivity index (χ2n) is 8.50. The Bertz CT molecular complexity index is 975. The van der Waals surface area contributed by atoms with Crippen molar-refractivity contribution < 1.29 is 15.1 Å². The van der Waals surface area contributed by atoms with Crippen molar-refractivity contribution in [2.75, 3.05) is 0 Å². The summed E-state index contributed by atoms with van der Waals surface area (Å²) in [5.41, 5.74) is 8.21. The van der Waals surface area contributed by atoms with Crippen LogP contribution in [0, 0.1) is 5.92 Å². The van der Waals surface area contributed by atoms with Crippen LogP contribution in [0.1, 0.15) is 67.2 Å². The minimum absolute atomic E-state index is 0.243. The van der Waals surface area contributed by atoms with Gasteiger partial charge in [-0.3, -0.25) is 4.79 Å². The molecule has 0 amide bonds. The van der Waals surface area contributed by atoms with Gasteiger partial charge in [-0.25, -0.2) is 0 Å². The van der Waals surface area contributed by atoms with Crippen molar-refractivity contribution in [3.05, 3.63) is 76.4 Å². The lowest BCUT2D eigenvalue weighted by Crippen LogP contribution is -2.19. The molecule has 0 bridgehead atoms. The van der Waals surface area contributed by atoms with E-state index in [9.17, 15) is 15.1 Å². The molecule has 0 saturated carbocycles. The molecule has 0 aliphatic heterocycles. The molecule has 0 aromatic heterocycles. The highest BCUT2D eigenvalue weighted by atomic mass is 16.4. The summed E-state index contributed by atoms with van der Waals surface area (Å²) in [5, 5.41) is 22.9. The van der Waals surface area contributed by atoms with E-state index in [0.29, 0.717) is 12.1 Å². The van der Waals surface area contributed by atoms with Crippen molar-refractivity contribution in [1.82, 2.24) is 0 Å². The fourth-order valence-corrected chi connectivity index (χ4v) is 4.89. The number of carboxylic acids is 1. The average molecular weight is 404 g/mol. The third kappa shape index (κ3) is 4.48. The number of nitrogens with zero attached hydrogens (tertiary/aromatic N) is 1. The first kappa shape index (κ1) is 20.4. The number of rotatable bonds is 8. The number of aliphatic carboxylic acids is 1. The van der Waals surface area contributed by atoms with Crippen LogP contribution in [-0.2, 0) is 17.6 Å². The van der Waals surface area contributed by atoms with E-state index in [1.807, 2.05) is 24.3 Å². The Balaban J connectivity index is 1.42. The van der Waals surface area contributed by atoms with Gasteiger partial charge in [-0.1, -0.05) is 53.2 Å². The summed E-state index contributed by atoms with van der Waals surface area (Å²) >= 11 is 0. The summed E-state index contributed by atoms with van der Waals surface area (Å²) in [6.07, 6.45) is 8.30. The number of aryl methyl sites for hydroxylation is 1. The van der Waals surface area contributed by atoms with Crippen molar-refractivity contribution in [3.8, 4) is 0 Å². The van der Waals surface area contributed by atoms with E-state index < -0.39 is 11.9 Å². The first-order valence-corrected chi connectivity index (χ1v) is 11.0. The first-order valence-electron chi connectivity index (χ1n) is 11.0. The molecule has 4 heteroatoms. The van der Waals surface area contributed by atoms with Gasteiger partial charge in [0.2, 0.25) is 0 Å². The molecular weight excluding hydrogens is 374 g/mol. The van der Waals surface area contributed by atoms with Crippen LogP contribution in [0.2, 0.25) is 0 Å². The van der Waals surface area contributed by atoms with Crippen molar-refractivity contribution in [3.63, 3.8) is 0 Å². The van der Waals surface area contributed by atoms with Crippen LogP contribution in [0.3, 0.4) is 0 Å². The molecule has 2 aliphatic carbocycles. The topological polar surface area (TPSA) is 69.9 Å². The normalized spacial score (nSPS) is 16.9. The first-order chi connectivity index (χ1) is 14.7. The molecule has 156 valence electrons. The van der Waals surface area contributed by atoms with Gasteiger partial charge in [-0.05, 0) is 85.3 Å². The highest BCUT2D eigenvalue weighted by Gasteiger charge is 2.26. The summed E-state index contributed by atoms with van der Waals surface area (Å²) in [4.78, 5) is 11.8. The molecule has 0 spiro atoms. The Morgan fingerprint density at radius 2 is 1.87 bits per heavy atom. The Morgan fingerprint density at radius 1 is 1.07 bits per heavy atom. The van der Waals surface area contributed by atoms with Gasteiger partial charge in [0, 0.05) is 6.42 Å². The van der Waals surface area contributed by atoms with Crippen LogP contribution in [0.4, 0.5) is 0 Å². The van der Waals surface area contributed by atoms with E-state index in [-0.39, 0.29) is 6.42 Å². The van der Waals surface area contributed by atoms with Gasteiger partial charge in [0.15, 0.2) is 0 Å². The fraction of sp³-hybridized carbons (Fsp3) is 0.385. The van der Waals surface area contributed by atoms with E-state index in [1.54, 1.807) is 5.57 Å². The van der Waals surface area contributed by atoms with Crippen LogP contribution in [0.5, 0.6) is 0 Å². The minimum Gasteiger partial charge on any atom is -0.481 e. The van der Waals surface area contributed by atoms with E-state index in [0.717, 1.165) is 31.2 Å². The maximum absolute atomic E-state index is 11.8. The van der Waals surface area contributed by atoms with E-state index in [4.69, 9.17) is 0 Å². The molecule has 30 heavy (non-hydrogen) atoms. The van der Waals surface area contributed by atoms with Crippen LogP contribution >= 0.6 is 0 Å². The average Bonchev–Trinajstić information content (AvgIpc) is 3.14. The highest BCUT2D eigenvalue weighted by molar-refractivity contribution is 6.02. The minimum atomic E-state index is -0.831. The summed E-state index contributed by atoms with van der Waals surface area (Å²) in [5.74, 6) is -1.39. The maximum Gasteiger partial charge on any atom is 0.306 e. The van der Waals surface area contributed by atoms with Gasteiger partial charge in [0.25, 0.3) is 0 Å². The van der Waals surface area contributed by atoms with Gasteiger partial charge in [0.1, 0.15) is 0 Å². The smallest absolute Gasteiger partial charge is 0.306 e. The molecule has 0 unspecified atom stereocenters. The lowest BCUT2D eigenvalue weighted by atomic mass is 9.90. The number of carboxylic acid groups (broad SMARTS) is 1. The molecular formula is C26H29NO3. The van der Waals surface area contributed by atoms with Crippen molar-refractivity contribution in [1.29, 1.82) is 0 Å². The molecule has 2 aliphatic rings. The zero-order chi connectivity index (χ0) is 20.9. The summed E-state index contributed by atoms with van der Waals surface area (Å²) in [6, 6.07) is 16.3. The summed E-state index contributed by atoms with van der Waals surface area (Å²) in [6.45, 7) is 0. The molecule has 4 rings (SSSR count). The maximum atomic E-state index is 11.8. The Hall–Kier alpha value is -2.88. The molecule has 2 aromatic rings. The molecule has 0 fully saturated rings. The quantitative estimate of drug-likeness (QED) is 0.329. The molecule has 0 radical (unpaired) electrons. The molecule has 2 aromatic carbocycles. The number of fused-ring (bicyclic) bond motifs is 2. The van der Waals surface area contributed by atoms with Crippen molar-refractivity contribution >= 4 is 17.3 Å². The van der Waals surface area contributed by atoms with Crippen LogP contribution in [-0.4, -0.2) is 22.0 Å². The standard InChI is InChI=1S/C26H29NO3/c28-26(29)21(11-6-9-18-7-2-1-3-8-18)17-25(27-30)20-13-14-24-22(16-20)15-19-10-4-5-12-23(19)24/h1-3,7-8,13-14,16,21,30H,4-6,9-12,15,17H2,(H,28,29)/t21-/m1/s1. The number of benzene rings is 2. The van der Waals surface area contributed by atoms with Gasteiger partial charge >= 0.3 is 5.97 Å². The number of carbonyl (C=O) groups is 1. The fourth-order valence-electron chi connectivity index (χ4n) is 4.89. The van der Waals surface area contributed by atoms with Crippen molar-refractivity contribution in [2.24, 2.45) is 11.1 Å². The second kappa shape index (κ2) is 9.29. The van der Waals surface area contributed by atoms with Crippen molar-refractivity contribution in [2.45, 2.75) is 57.8 Å². The summed E-state index contributed by atoms with van der Waals surface area (Å²) < 4.78 is 0. The molecule has 1 atom stereocenters. The third-order valence-corrected chi connectivity index (χ3v) is 6.52. The van der Waals surface area contributed by atoms with Gasteiger partial charge < -0.3 is 10.3 Å². The predicted molar refractivity (Wildman–Crippen MR) is 119 cm³/mol. The van der Waals surface area contributed by atoms with Gasteiger partial charge in [-0.15, -0.1) is 0 Å². The Kier molecular flexibility index (Phi) is 6.32. The molecule has 2 N–H and O–H groups in total. The molecule has 4 nitrogen and oxygen atoms in total. The third-order valence-electron chi connectivity index (χ3n) is 6.52. The van der Waals surface area contributed by atoms with Crippen LogP contribution in [0.15, 0.2) is 59.3 Å². The monoisotopic (exact) mass is 403 g/mol. The zero-order valence-corrected chi connectivity index (χ0v) is 17.3. The lowest BCUT2D eigenvalue weighted by molar-refractivity contribution is -0.141. The van der Waals surface area contributed by atoms with Gasteiger partial charge in [0.05, 0.1) is 11.6 Å². The molecule has 0 heterocycles. The largest absolute Gasteiger partial charge is 0.481 e. The lowest BCUT2D eigenvalue weighted by Gasteiger charge is -2.15. The number of oxime groups is 1. The summed E-state index contributed by atoms with van der Waals surface area (Å²) in [7, 11) is 0. The predicted octanol–water partition coefficient (Wildman–Crippen LogP) is 5.86. The van der Waals surface area contributed by atoms with E-state index in [1.165, 1.54) is 41.5 Å². The number of hydrogen-bond acceptors (Lipinski definition) is 3. The van der Waals surface area contributed by atoms with Crippen LogP contribution in [0.25, 0.3) is 5.57 Å². The SMILES string of the molecule is O=C(O)[C@H](CCCc1ccccc1)CC(=NO)c1ccc2c(c1)CC1=C2CCCC1. The highest BCUT2D eigenvalue weighted by Crippen LogP contribution is 2.41. The Morgan fingerprint density at radius 3 is 2.63 bits per heavy atom. The molecule has 0 saturated heterocycles. The zero-order valence-electron chi connectivity index (χ0n) is 17.3. The Labute approximate surface area is 177 Å². The van der Waals surface area contributed by atoms with Crippen LogP contribution < -0.4 is 0 Å². The van der Waals surface area contributed by atoms with Gasteiger partial charge in [-0.2, -0.15) is 0 Å². The van der Waals surface area contributed by atoms with E-state index >= 15 is 0 Å². The number of allylic oxidation sites excluding steroid dienone is 2. The second-order valence-corrected chi connectivity index (χ2v) is 8.50. The number of hydrogen-bond donors (Lipinski definition) is 2. The van der Waals surface area contributed by atoms with E-state index in [2.05, 4.69) is 29.4 Å².